The van der Waals surface area contributed by atoms with Gasteiger partial charge in [-0.1, -0.05) is 0 Å². The number of rotatable bonds is 5. The van der Waals surface area contributed by atoms with E-state index >= 15 is 0 Å². The third kappa shape index (κ3) is 4.66. The number of anilines is 1. The number of imide groups is 1. The van der Waals surface area contributed by atoms with Gasteiger partial charge in [0.1, 0.15) is 5.69 Å². The monoisotopic (exact) mass is 324 g/mol. The summed E-state index contributed by atoms with van der Waals surface area (Å²) in [6.07, 6.45) is -1.29. The first-order chi connectivity index (χ1) is 10.6. The van der Waals surface area contributed by atoms with E-state index in [4.69, 9.17) is 10.5 Å². The van der Waals surface area contributed by atoms with Crippen molar-refractivity contribution in [2.24, 2.45) is 5.73 Å². The molecule has 10 heteroatoms. The van der Waals surface area contributed by atoms with Crippen molar-refractivity contribution in [3.05, 3.63) is 33.9 Å². The minimum Gasteiger partial charge on any atom is -0.449 e. The molecular formula is C13H16N4O6. The number of nitro groups is 1. The van der Waals surface area contributed by atoms with E-state index in [1.54, 1.807) is 19.4 Å². The zero-order chi connectivity index (χ0) is 17.7. The molecule has 1 aromatic carbocycles. The van der Waals surface area contributed by atoms with Gasteiger partial charge < -0.3 is 15.4 Å². The molecule has 23 heavy (non-hydrogen) atoms. The SMILES string of the molecule is C[C@H](OC(=O)c1ccc(N(C)C)c([N+](=O)[O-])c1)C(=O)NC(N)=O. The van der Waals surface area contributed by atoms with Gasteiger partial charge in [0.25, 0.3) is 11.6 Å². The molecule has 0 aliphatic carbocycles. The fourth-order valence-corrected chi connectivity index (χ4v) is 1.68. The van der Waals surface area contributed by atoms with Crippen molar-refractivity contribution in [3.63, 3.8) is 0 Å². The number of esters is 1. The highest BCUT2D eigenvalue weighted by Gasteiger charge is 2.23. The van der Waals surface area contributed by atoms with Crippen LogP contribution in [0.3, 0.4) is 0 Å². The van der Waals surface area contributed by atoms with E-state index in [1.807, 2.05) is 0 Å². The van der Waals surface area contributed by atoms with Gasteiger partial charge in [-0.25, -0.2) is 9.59 Å². The largest absolute Gasteiger partial charge is 0.449 e. The first kappa shape index (κ1) is 17.9. The minimum absolute atomic E-state index is 0.0963. The molecule has 1 rings (SSSR count). The number of ether oxygens (including phenoxy) is 1. The Morgan fingerprint density at radius 2 is 1.96 bits per heavy atom. The van der Waals surface area contributed by atoms with Gasteiger partial charge in [0, 0.05) is 20.2 Å². The molecule has 1 atom stereocenters. The second-order valence-electron chi connectivity index (χ2n) is 4.76. The number of hydrogen-bond acceptors (Lipinski definition) is 7. The topological polar surface area (TPSA) is 145 Å². The number of hydrogen-bond donors (Lipinski definition) is 2. The summed E-state index contributed by atoms with van der Waals surface area (Å²) in [5.41, 5.74) is 4.72. The molecule has 1 aromatic rings. The molecule has 0 bridgehead atoms. The van der Waals surface area contributed by atoms with Crippen LogP contribution in [0.5, 0.6) is 0 Å². The van der Waals surface area contributed by atoms with Crippen molar-refractivity contribution in [1.82, 2.24) is 5.32 Å². The van der Waals surface area contributed by atoms with Gasteiger partial charge in [-0.3, -0.25) is 20.2 Å². The lowest BCUT2D eigenvalue weighted by Gasteiger charge is -2.14. The van der Waals surface area contributed by atoms with Crippen LogP contribution in [-0.4, -0.2) is 43.0 Å². The van der Waals surface area contributed by atoms with Gasteiger partial charge >= 0.3 is 12.0 Å². The number of primary amides is 1. The molecule has 0 unspecified atom stereocenters. The summed E-state index contributed by atoms with van der Waals surface area (Å²) in [6, 6.07) is 2.70. The first-order valence-corrected chi connectivity index (χ1v) is 6.40. The zero-order valence-electron chi connectivity index (χ0n) is 12.7. The van der Waals surface area contributed by atoms with Crippen LogP contribution < -0.4 is 16.0 Å². The highest BCUT2D eigenvalue weighted by atomic mass is 16.6. The Bertz CT molecular complexity index is 658. The number of carbonyl (C=O) groups is 3. The van der Waals surface area contributed by atoms with Crippen molar-refractivity contribution in [2.45, 2.75) is 13.0 Å². The summed E-state index contributed by atoms with van der Waals surface area (Å²) in [5.74, 6) is -1.84. The zero-order valence-corrected chi connectivity index (χ0v) is 12.7. The maximum absolute atomic E-state index is 11.9. The summed E-state index contributed by atoms with van der Waals surface area (Å²) in [7, 11) is 3.24. The third-order valence-electron chi connectivity index (χ3n) is 2.79. The molecule has 0 heterocycles. The maximum atomic E-state index is 11.9. The molecule has 0 saturated heterocycles. The molecule has 124 valence electrons. The van der Waals surface area contributed by atoms with E-state index in [9.17, 15) is 24.5 Å². The van der Waals surface area contributed by atoms with Gasteiger partial charge in [-0.15, -0.1) is 0 Å². The van der Waals surface area contributed by atoms with Gasteiger partial charge in [0.15, 0.2) is 6.10 Å². The molecule has 0 radical (unpaired) electrons. The van der Waals surface area contributed by atoms with E-state index in [2.05, 4.69) is 0 Å². The van der Waals surface area contributed by atoms with Crippen molar-refractivity contribution >= 4 is 29.3 Å². The van der Waals surface area contributed by atoms with Gasteiger partial charge in [-0.05, 0) is 19.1 Å². The maximum Gasteiger partial charge on any atom is 0.339 e. The van der Waals surface area contributed by atoms with Crippen molar-refractivity contribution in [2.75, 3.05) is 19.0 Å². The van der Waals surface area contributed by atoms with Crippen LogP contribution in [0.15, 0.2) is 18.2 Å². The third-order valence-corrected chi connectivity index (χ3v) is 2.79. The normalized spacial score (nSPS) is 11.3. The number of nitro benzene ring substituents is 1. The Hall–Kier alpha value is -3.17. The predicted octanol–water partition coefficient (Wildman–Crippen LogP) is 0.401. The number of carbonyl (C=O) groups excluding carboxylic acids is 3. The highest BCUT2D eigenvalue weighted by molar-refractivity contribution is 5.98. The van der Waals surface area contributed by atoms with Crippen LogP contribution in [0.4, 0.5) is 16.2 Å². The van der Waals surface area contributed by atoms with E-state index in [0.717, 1.165) is 6.07 Å². The Morgan fingerprint density at radius 1 is 1.35 bits per heavy atom. The number of benzene rings is 1. The summed E-state index contributed by atoms with van der Waals surface area (Å²) in [6.45, 7) is 1.23. The molecule has 3 N–H and O–H groups in total. The second-order valence-corrected chi connectivity index (χ2v) is 4.76. The van der Waals surface area contributed by atoms with Gasteiger partial charge in [0.05, 0.1) is 10.5 Å². The predicted molar refractivity (Wildman–Crippen MR) is 80.0 cm³/mol. The van der Waals surface area contributed by atoms with E-state index in [0.29, 0.717) is 5.69 Å². The number of amides is 3. The number of nitrogens with zero attached hydrogens (tertiary/aromatic N) is 2. The van der Waals surface area contributed by atoms with Gasteiger partial charge in [-0.2, -0.15) is 0 Å². The summed E-state index contributed by atoms with van der Waals surface area (Å²) < 4.78 is 4.84. The molecule has 0 saturated carbocycles. The van der Waals surface area contributed by atoms with E-state index in [-0.39, 0.29) is 11.3 Å². The fourth-order valence-electron chi connectivity index (χ4n) is 1.68. The van der Waals surface area contributed by atoms with Crippen LogP contribution >= 0.6 is 0 Å². The van der Waals surface area contributed by atoms with Crippen molar-refractivity contribution in [1.29, 1.82) is 0 Å². The lowest BCUT2D eigenvalue weighted by atomic mass is 10.1. The Labute approximate surface area is 131 Å². The van der Waals surface area contributed by atoms with Crippen LogP contribution in [0.2, 0.25) is 0 Å². The van der Waals surface area contributed by atoms with E-state index in [1.165, 1.54) is 24.0 Å². The lowest BCUT2D eigenvalue weighted by Crippen LogP contribution is -2.42. The Morgan fingerprint density at radius 3 is 2.43 bits per heavy atom. The summed E-state index contributed by atoms with van der Waals surface area (Å²) >= 11 is 0. The first-order valence-electron chi connectivity index (χ1n) is 6.40. The van der Waals surface area contributed by atoms with Gasteiger partial charge in [0.2, 0.25) is 0 Å². The molecule has 0 aliphatic heterocycles. The smallest absolute Gasteiger partial charge is 0.339 e. The average Bonchev–Trinajstić information content (AvgIpc) is 2.45. The van der Waals surface area contributed by atoms with Crippen molar-refractivity contribution in [3.8, 4) is 0 Å². The summed E-state index contributed by atoms with van der Waals surface area (Å²) in [5, 5.41) is 12.8. The molecule has 0 spiro atoms. The average molecular weight is 324 g/mol. The molecular weight excluding hydrogens is 308 g/mol. The molecule has 10 nitrogen and oxygen atoms in total. The standard InChI is InChI=1S/C13H16N4O6/c1-7(11(18)15-13(14)20)23-12(19)8-4-5-9(16(2)3)10(6-8)17(21)22/h4-7H,1-3H3,(H3,14,15,18,20)/t7-/m0/s1. The Balaban J connectivity index is 2.96. The second kappa shape index (κ2) is 7.20. The highest BCUT2D eigenvalue weighted by Crippen LogP contribution is 2.28. The number of nitrogens with one attached hydrogen (secondary N) is 1. The minimum atomic E-state index is -1.29. The van der Waals surface area contributed by atoms with Crippen LogP contribution in [-0.2, 0) is 9.53 Å². The summed E-state index contributed by atoms with van der Waals surface area (Å²) in [4.78, 5) is 45.9. The van der Waals surface area contributed by atoms with Crippen LogP contribution in [0.1, 0.15) is 17.3 Å². The molecule has 3 amide bonds. The number of urea groups is 1. The number of nitrogens with two attached hydrogens (primary N) is 1. The fraction of sp³-hybridized carbons (Fsp3) is 0.308. The molecule has 0 fully saturated rings. The molecule has 0 aromatic heterocycles. The van der Waals surface area contributed by atoms with E-state index < -0.39 is 28.9 Å². The van der Waals surface area contributed by atoms with Crippen LogP contribution in [0.25, 0.3) is 0 Å². The quantitative estimate of drug-likeness (QED) is 0.453. The lowest BCUT2D eigenvalue weighted by molar-refractivity contribution is -0.384. The van der Waals surface area contributed by atoms with Crippen LogP contribution in [0, 0.1) is 10.1 Å². The van der Waals surface area contributed by atoms with Crippen molar-refractivity contribution < 1.29 is 24.0 Å². The Kier molecular flexibility index (Phi) is 5.60. The molecule has 0 aliphatic rings.